The predicted octanol–water partition coefficient (Wildman–Crippen LogP) is 1.81. The van der Waals surface area contributed by atoms with E-state index >= 15 is 0 Å². The Morgan fingerprint density at radius 3 is 2.75 bits per heavy atom. The van der Waals surface area contributed by atoms with Crippen molar-refractivity contribution in [2.45, 2.75) is 12.8 Å². The molecule has 0 N–H and O–H groups in total. The first-order valence-electron chi connectivity index (χ1n) is 3.07. The molecule has 0 unspecified atom stereocenters. The number of halogens is 1. The van der Waals surface area contributed by atoms with Crippen molar-refractivity contribution in [2.75, 3.05) is 18.5 Å². The minimum absolute atomic E-state index is 0.872. The second-order valence-electron chi connectivity index (χ2n) is 2.21. The first kappa shape index (κ1) is 6.56. The second-order valence-corrected chi connectivity index (χ2v) is 3.00. The van der Waals surface area contributed by atoms with Crippen molar-refractivity contribution in [1.29, 1.82) is 0 Å². The van der Waals surface area contributed by atoms with Gasteiger partial charge < -0.3 is 4.74 Å². The minimum atomic E-state index is 0.872. The molecule has 0 bridgehead atoms. The van der Waals surface area contributed by atoms with Crippen molar-refractivity contribution >= 4 is 15.9 Å². The molecule has 0 saturated heterocycles. The molecular formula is C6H11BrO. The molecule has 0 heterocycles. The van der Waals surface area contributed by atoms with Crippen LogP contribution in [0.1, 0.15) is 12.8 Å². The van der Waals surface area contributed by atoms with E-state index in [1.807, 2.05) is 0 Å². The highest BCUT2D eigenvalue weighted by atomic mass is 79.9. The van der Waals surface area contributed by atoms with E-state index in [9.17, 15) is 0 Å². The third kappa shape index (κ3) is 2.68. The van der Waals surface area contributed by atoms with Gasteiger partial charge in [0.2, 0.25) is 0 Å². The molecule has 2 heteroatoms. The van der Waals surface area contributed by atoms with Gasteiger partial charge in [-0.1, -0.05) is 15.9 Å². The molecule has 0 amide bonds. The molecule has 0 radical (unpaired) electrons. The van der Waals surface area contributed by atoms with E-state index in [4.69, 9.17) is 4.74 Å². The summed E-state index contributed by atoms with van der Waals surface area (Å²) in [6.07, 6.45) is 2.78. The molecule has 0 aromatic heterocycles. The van der Waals surface area contributed by atoms with Crippen molar-refractivity contribution in [2.24, 2.45) is 5.92 Å². The normalized spacial score (nSPS) is 19.1. The average Bonchev–Trinajstić information content (AvgIpc) is 2.51. The van der Waals surface area contributed by atoms with E-state index < -0.39 is 0 Å². The van der Waals surface area contributed by atoms with Crippen LogP contribution in [0.15, 0.2) is 0 Å². The van der Waals surface area contributed by atoms with Crippen LogP contribution in [0.2, 0.25) is 0 Å². The topological polar surface area (TPSA) is 9.23 Å². The molecule has 0 aromatic rings. The fraction of sp³-hybridized carbons (Fsp3) is 1.00. The summed E-state index contributed by atoms with van der Waals surface area (Å²) in [6, 6.07) is 0. The summed E-state index contributed by atoms with van der Waals surface area (Å²) in [5, 5.41) is 0.972. The van der Waals surface area contributed by atoms with Gasteiger partial charge in [0, 0.05) is 11.9 Å². The molecule has 1 fully saturated rings. The fourth-order valence-electron chi connectivity index (χ4n) is 0.589. The molecular weight excluding hydrogens is 168 g/mol. The molecule has 0 aromatic carbocycles. The van der Waals surface area contributed by atoms with Crippen LogP contribution in [0.4, 0.5) is 0 Å². The Morgan fingerprint density at radius 1 is 1.50 bits per heavy atom. The summed E-state index contributed by atoms with van der Waals surface area (Å²) < 4.78 is 5.26. The Balaban J connectivity index is 1.74. The van der Waals surface area contributed by atoms with Gasteiger partial charge in [0.15, 0.2) is 0 Å². The summed E-state index contributed by atoms with van der Waals surface area (Å²) in [5.74, 6) is 0.911. The van der Waals surface area contributed by atoms with Crippen molar-refractivity contribution in [3.05, 3.63) is 0 Å². The van der Waals surface area contributed by atoms with E-state index in [0.717, 1.165) is 24.5 Å². The second kappa shape index (κ2) is 3.46. The molecule has 1 nitrogen and oxygen atoms in total. The zero-order valence-electron chi connectivity index (χ0n) is 4.90. The van der Waals surface area contributed by atoms with Crippen LogP contribution in [-0.2, 0) is 4.74 Å². The van der Waals surface area contributed by atoms with Crippen molar-refractivity contribution in [3.8, 4) is 0 Å². The molecule has 1 aliphatic rings. The highest BCUT2D eigenvalue weighted by molar-refractivity contribution is 9.09. The van der Waals surface area contributed by atoms with Crippen molar-refractivity contribution < 1.29 is 4.74 Å². The third-order valence-corrected chi connectivity index (χ3v) is 1.60. The largest absolute Gasteiger partial charge is 0.380 e. The van der Waals surface area contributed by atoms with E-state index in [-0.39, 0.29) is 0 Å². The fourth-order valence-corrected chi connectivity index (χ4v) is 0.818. The summed E-state index contributed by atoms with van der Waals surface area (Å²) in [5.41, 5.74) is 0. The van der Waals surface area contributed by atoms with Crippen LogP contribution >= 0.6 is 15.9 Å². The van der Waals surface area contributed by atoms with E-state index in [2.05, 4.69) is 15.9 Å². The number of alkyl halides is 1. The first-order chi connectivity index (χ1) is 3.93. The van der Waals surface area contributed by atoms with E-state index in [1.165, 1.54) is 12.8 Å². The quantitative estimate of drug-likeness (QED) is 0.472. The number of rotatable bonds is 4. The molecule has 8 heavy (non-hydrogen) atoms. The minimum Gasteiger partial charge on any atom is -0.380 e. The monoisotopic (exact) mass is 178 g/mol. The highest BCUT2D eigenvalue weighted by Gasteiger charge is 2.20. The average molecular weight is 179 g/mol. The Kier molecular flexibility index (Phi) is 2.84. The van der Waals surface area contributed by atoms with Crippen LogP contribution in [0.5, 0.6) is 0 Å². The summed E-state index contributed by atoms with van der Waals surface area (Å²) in [4.78, 5) is 0. The Bertz CT molecular complexity index is 61.5. The molecule has 1 aliphatic carbocycles. The Morgan fingerprint density at radius 2 is 2.25 bits per heavy atom. The van der Waals surface area contributed by atoms with Gasteiger partial charge in [-0.25, -0.2) is 0 Å². The van der Waals surface area contributed by atoms with Gasteiger partial charge in [-0.3, -0.25) is 0 Å². The molecule has 48 valence electrons. The standard InChI is InChI=1S/C6H11BrO/c7-3-4-8-5-6-1-2-6/h6H,1-5H2. The lowest BCUT2D eigenvalue weighted by molar-refractivity contribution is 0.140. The molecule has 0 atom stereocenters. The lowest BCUT2D eigenvalue weighted by atomic mass is 10.5. The number of ether oxygens (including phenoxy) is 1. The zero-order valence-corrected chi connectivity index (χ0v) is 6.49. The Hall–Kier alpha value is 0.440. The van der Waals surface area contributed by atoms with E-state index in [0.29, 0.717) is 0 Å². The predicted molar refractivity (Wildman–Crippen MR) is 37.3 cm³/mol. The van der Waals surface area contributed by atoms with Crippen LogP contribution in [-0.4, -0.2) is 18.5 Å². The van der Waals surface area contributed by atoms with Crippen molar-refractivity contribution in [1.82, 2.24) is 0 Å². The lowest BCUT2D eigenvalue weighted by Crippen LogP contribution is -1.98. The third-order valence-electron chi connectivity index (χ3n) is 1.27. The van der Waals surface area contributed by atoms with Crippen LogP contribution in [0.3, 0.4) is 0 Å². The number of hydrogen-bond acceptors (Lipinski definition) is 1. The molecule has 0 spiro atoms. The van der Waals surface area contributed by atoms with Gasteiger partial charge >= 0.3 is 0 Å². The summed E-state index contributed by atoms with van der Waals surface area (Å²) >= 11 is 3.29. The van der Waals surface area contributed by atoms with E-state index in [1.54, 1.807) is 0 Å². The van der Waals surface area contributed by atoms with Gasteiger partial charge in [-0.2, -0.15) is 0 Å². The molecule has 1 saturated carbocycles. The molecule has 0 aliphatic heterocycles. The SMILES string of the molecule is BrCCOCC1CC1. The molecule has 1 rings (SSSR count). The van der Waals surface area contributed by atoms with Gasteiger partial charge in [-0.05, 0) is 18.8 Å². The van der Waals surface area contributed by atoms with Gasteiger partial charge in [0.25, 0.3) is 0 Å². The van der Waals surface area contributed by atoms with Gasteiger partial charge in [0.05, 0.1) is 6.61 Å². The highest BCUT2D eigenvalue weighted by Crippen LogP contribution is 2.28. The maximum Gasteiger partial charge on any atom is 0.0563 e. The summed E-state index contributed by atoms with van der Waals surface area (Å²) in [7, 11) is 0. The van der Waals surface area contributed by atoms with Gasteiger partial charge in [-0.15, -0.1) is 0 Å². The van der Waals surface area contributed by atoms with Gasteiger partial charge in [0.1, 0.15) is 0 Å². The maximum absolute atomic E-state index is 5.26. The first-order valence-corrected chi connectivity index (χ1v) is 4.19. The van der Waals surface area contributed by atoms with Crippen LogP contribution in [0.25, 0.3) is 0 Å². The van der Waals surface area contributed by atoms with Crippen LogP contribution in [0, 0.1) is 5.92 Å². The summed E-state index contributed by atoms with van der Waals surface area (Å²) in [6.45, 7) is 1.86. The smallest absolute Gasteiger partial charge is 0.0563 e. The Labute approximate surface area is 58.5 Å². The zero-order chi connectivity index (χ0) is 5.82. The van der Waals surface area contributed by atoms with Crippen LogP contribution < -0.4 is 0 Å². The van der Waals surface area contributed by atoms with Crippen molar-refractivity contribution in [3.63, 3.8) is 0 Å². The lowest BCUT2D eigenvalue weighted by Gasteiger charge is -1.96. The maximum atomic E-state index is 5.26. The number of hydrogen-bond donors (Lipinski definition) is 0.